The molecule has 2 heteroatoms. The molecule has 1 atom stereocenters. The van der Waals surface area contributed by atoms with E-state index >= 15 is 0 Å². The minimum absolute atomic E-state index is 0.364. The summed E-state index contributed by atoms with van der Waals surface area (Å²) >= 11 is 0. The quantitative estimate of drug-likeness (QED) is 0.553. The van der Waals surface area contributed by atoms with Gasteiger partial charge in [0.15, 0.2) is 0 Å². The number of nitriles is 2. The van der Waals surface area contributed by atoms with E-state index in [0.717, 1.165) is 12.8 Å². The highest BCUT2D eigenvalue weighted by molar-refractivity contribution is 5.18. The first kappa shape index (κ1) is 8.81. The van der Waals surface area contributed by atoms with Crippen LogP contribution < -0.4 is 0 Å². The van der Waals surface area contributed by atoms with Gasteiger partial charge < -0.3 is 0 Å². The van der Waals surface area contributed by atoms with Gasteiger partial charge in [-0.15, -0.1) is 0 Å². The molecule has 1 aliphatic carbocycles. The van der Waals surface area contributed by atoms with Gasteiger partial charge in [0.2, 0.25) is 0 Å². The molecule has 1 unspecified atom stereocenters. The molecule has 1 aliphatic rings. The summed E-state index contributed by atoms with van der Waals surface area (Å²) in [5, 5.41) is 17.0. The Kier molecular flexibility index (Phi) is 3.35. The van der Waals surface area contributed by atoms with Crippen LogP contribution in [0.2, 0.25) is 0 Å². The molecule has 0 bridgehead atoms. The van der Waals surface area contributed by atoms with Gasteiger partial charge in [-0.05, 0) is 25.2 Å². The SMILES string of the molecule is N#C/C=C1/CCCCC1CC#N. The Morgan fingerprint density at radius 3 is 2.92 bits per heavy atom. The molecule has 0 saturated heterocycles. The molecule has 0 aromatic rings. The number of rotatable bonds is 1. The molecule has 1 rings (SSSR count). The zero-order chi connectivity index (χ0) is 8.81. The maximum Gasteiger partial charge on any atom is 0.0911 e. The van der Waals surface area contributed by atoms with Crippen LogP contribution in [0.15, 0.2) is 11.6 Å². The normalized spacial score (nSPS) is 26.2. The summed E-state index contributed by atoms with van der Waals surface area (Å²) in [5.41, 5.74) is 1.19. The first-order valence-corrected chi connectivity index (χ1v) is 4.34. The lowest BCUT2D eigenvalue weighted by Gasteiger charge is -2.22. The zero-order valence-electron chi connectivity index (χ0n) is 7.08. The Balaban J connectivity index is 2.63. The Hall–Kier alpha value is -1.28. The molecule has 0 radical (unpaired) electrons. The molecular weight excluding hydrogens is 148 g/mol. The highest BCUT2D eigenvalue weighted by Gasteiger charge is 2.17. The second kappa shape index (κ2) is 4.57. The van der Waals surface area contributed by atoms with E-state index in [1.165, 1.54) is 18.4 Å². The summed E-state index contributed by atoms with van der Waals surface area (Å²) in [6.07, 6.45) is 6.68. The number of nitrogens with zero attached hydrogens (tertiary/aromatic N) is 2. The van der Waals surface area contributed by atoms with Crippen molar-refractivity contribution in [2.75, 3.05) is 0 Å². The van der Waals surface area contributed by atoms with E-state index < -0.39 is 0 Å². The van der Waals surface area contributed by atoms with Crippen molar-refractivity contribution in [2.24, 2.45) is 5.92 Å². The minimum Gasteiger partial charge on any atom is -0.198 e. The summed E-state index contributed by atoms with van der Waals surface area (Å²) in [6.45, 7) is 0. The lowest BCUT2D eigenvalue weighted by atomic mass is 9.82. The lowest BCUT2D eigenvalue weighted by Crippen LogP contribution is -2.09. The molecule has 2 nitrogen and oxygen atoms in total. The summed E-state index contributed by atoms with van der Waals surface area (Å²) < 4.78 is 0. The number of hydrogen-bond acceptors (Lipinski definition) is 2. The van der Waals surface area contributed by atoms with Gasteiger partial charge in [0.05, 0.1) is 12.1 Å². The van der Waals surface area contributed by atoms with Crippen molar-refractivity contribution in [1.82, 2.24) is 0 Å². The van der Waals surface area contributed by atoms with Gasteiger partial charge in [-0.1, -0.05) is 12.0 Å². The van der Waals surface area contributed by atoms with Crippen molar-refractivity contribution in [3.63, 3.8) is 0 Å². The summed E-state index contributed by atoms with van der Waals surface area (Å²) in [4.78, 5) is 0. The molecule has 0 spiro atoms. The van der Waals surface area contributed by atoms with Crippen LogP contribution in [0.1, 0.15) is 32.1 Å². The van der Waals surface area contributed by atoms with Crippen LogP contribution in [0.25, 0.3) is 0 Å². The first-order valence-electron chi connectivity index (χ1n) is 4.34. The molecular formula is C10H12N2. The van der Waals surface area contributed by atoms with Gasteiger partial charge >= 0.3 is 0 Å². The Bertz CT molecular complexity index is 252. The molecule has 0 heterocycles. The monoisotopic (exact) mass is 160 g/mol. The van der Waals surface area contributed by atoms with Crippen LogP contribution >= 0.6 is 0 Å². The predicted molar refractivity (Wildman–Crippen MR) is 45.9 cm³/mol. The van der Waals surface area contributed by atoms with E-state index in [1.807, 2.05) is 0 Å². The van der Waals surface area contributed by atoms with Gasteiger partial charge in [-0.25, -0.2) is 0 Å². The maximum atomic E-state index is 8.54. The van der Waals surface area contributed by atoms with E-state index in [9.17, 15) is 0 Å². The van der Waals surface area contributed by atoms with E-state index in [-0.39, 0.29) is 0 Å². The van der Waals surface area contributed by atoms with Crippen molar-refractivity contribution in [1.29, 1.82) is 10.5 Å². The van der Waals surface area contributed by atoms with Crippen molar-refractivity contribution < 1.29 is 0 Å². The summed E-state index contributed by atoms with van der Waals surface area (Å²) in [6, 6.07) is 4.23. The van der Waals surface area contributed by atoms with Crippen LogP contribution in [-0.2, 0) is 0 Å². The average Bonchev–Trinajstić information content (AvgIpc) is 2.09. The molecule has 62 valence electrons. The Labute approximate surface area is 73.1 Å². The summed E-state index contributed by atoms with van der Waals surface area (Å²) in [5.74, 6) is 0.364. The standard InChI is InChI=1S/C10H12N2/c11-7-5-9-3-1-2-4-10(9)6-8-12/h5,10H,1-4,6H2/b9-5-. The van der Waals surface area contributed by atoms with Crippen LogP contribution in [0, 0.1) is 28.6 Å². The molecule has 0 amide bonds. The highest BCUT2D eigenvalue weighted by Crippen LogP contribution is 2.31. The van der Waals surface area contributed by atoms with Crippen molar-refractivity contribution in [3.8, 4) is 12.1 Å². The number of allylic oxidation sites excluding steroid dienone is 2. The third kappa shape index (κ3) is 2.10. The lowest BCUT2D eigenvalue weighted by molar-refractivity contribution is 0.460. The maximum absolute atomic E-state index is 8.54. The second-order valence-corrected chi connectivity index (χ2v) is 3.15. The molecule has 12 heavy (non-hydrogen) atoms. The zero-order valence-corrected chi connectivity index (χ0v) is 7.08. The smallest absolute Gasteiger partial charge is 0.0911 e. The Morgan fingerprint density at radius 2 is 2.25 bits per heavy atom. The molecule has 0 aromatic heterocycles. The first-order chi connectivity index (χ1) is 5.88. The number of hydrogen-bond donors (Lipinski definition) is 0. The van der Waals surface area contributed by atoms with Crippen molar-refractivity contribution in [2.45, 2.75) is 32.1 Å². The fourth-order valence-electron chi connectivity index (χ4n) is 1.73. The van der Waals surface area contributed by atoms with Crippen molar-refractivity contribution >= 4 is 0 Å². The fourth-order valence-corrected chi connectivity index (χ4v) is 1.73. The van der Waals surface area contributed by atoms with Crippen LogP contribution in [0.3, 0.4) is 0 Å². The van der Waals surface area contributed by atoms with Crippen molar-refractivity contribution in [3.05, 3.63) is 11.6 Å². The van der Waals surface area contributed by atoms with E-state index in [2.05, 4.69) is 12.1 Å². The van der Waals surface area contributed by atoms with Crippen LogP contribution in [0.5, 0.6) is 0 Å². The third-order valence-corrected chi connectivity index (χ3v) is 2.38. The highest BCUT2D eigenvalue weighted by atomic mass is 14.3. The largest absolute Gasteiger partial charge is 0.198 e. The third-order valence-electron chi connectivity index (χ3n) is 2.38. The topological polar surface area (TPSA) is 47.6 Å². The molecule has 0 aliphatic heterocycles. The fraction of sp³-hybridized carbons (Fsp3) is 0.600. The minimum atomic E-state index is 0.364. The van der Waals surface area contributed by atoms with Crippen LogP contribution in [-0.4, -0.2) is 0 Å². The van der Waals surface area contributed by atoms with E-state index in [1.54, 1.807) is 6.08 Å². The molecule has 1 saturated carbocycles. The summed E-state index contributed by atoms with van der Waals surface area (Å²) in [7, 11) is 0. The van der Waals surface area contributed by atoms with Gasteiger partial charge in [0.25, 0.3) is 0 Å². The molecule has 0 N–H and O–H groups in total. The van der Waals surface area contributed by atoms with Gasteiger partial charge in [0.1, 0.15) is 0 Å². The predicted octanol–water partition coefficient (Wildman–Crippen LogP) is 2.54. The van der Waals surface area contributed by atoms with E-state index in [4.69, 9.17) is 10.5 Å². The second-order valence-electron chi connectivity index (χ2n) is 3.15. The van der Waals surface area contributed by atoms with E-state index in [0.29, 0.717) is 12.3 Å². The van der Waals surface area contributed by atoms with Gasteiger partial charge in [-0.3, -0.25) is 0 Å². The average molecular weight is 160 g/mol. The van der Waals surface area contributed by atoms with Gasteiger partial charge in [0, 0.05) is 12.5 Å². The van der Waals surface area contributed by atoms with Gasteiger partial charge in [-0.2, -0.15) is 10.5 Å². The van der Waals surface area contributed by atoms with Crippen LogP contribution in [0.4, 0.5) is 0 Å². The Morgan fingerprint density at radius 1 is 1.42 bits per heavy atom. The molecule has 0 aromatic carbocycles. The molecule has 1 fully saturated rings.